The van der Waals surface area contributed by atoms with Gasteiger partial charge in [0.1, 0.15) is 6.04 Å². The first-order valence-electron chi connectivity index (χ1n) is 8.30. The van der Waals surface area contributed by atoms with Gasteiger partial charge in [-0.25, -0.2) is 0 Å². The molecule has 2 heterocycles. The number of rotatable bonds is 7. The van der Waals surface area contributed by atoms with Crippen LogP contribution >= 0.6 is 23.2 Å². The van der Waals surface area contributed by atoms with E-state index >= 15 is 0 Å². The fraction of sp³-hybridized carbons (Fsp3) is 0.150. The van der Waals surface area contributed by atoms with Crippen molar-refractivity contribution < 1.29 is 4.79 Å². The topological polar surface area (TPSA) is 72.1 Å². The van der Waals surface area contributed by atoms with Gasteiger partial charge in [-0.3, -0.25) is 19.7 Å². The summed E-state index contributed by atoms with van der Waals surface area (Å²) < 4.78 is 0. The van der Waals surface area contributed by atoms with Gasteiger partial charge in [0.15, 0.2) is 0 Å². The molecule has 0 aliphatic carbocycles. The summed E-state index contributed by atoms with van der Waals surface area (Å²) in [7, 11) is 0. The first kappa shape index (κ1) is 19.3. The minimum Gasteiger partial charge on any atom is -0.368 e. The van der Waals surface area contributed by atoms with Crippen LogP contribution < -0.4 is 5.73 Å². The fourth-order valence-corrected chi connectivity index (χ4v) is 3.34. The summed E-state index contributed by atoms with van der Waals surface area (Å²) in [5.41, 5.74) is 8.32. The first-order chi connectivity index (χ1) is 13.0. The van der Waals surface area contributed by atoms with Crippen molar-refractivity contribution in [2.45, 2.75) is 19.1 Å². The number of hydrogen-bond acceptors (Lipinski definition) is 4. The van der Waals surface area contributed by atoms with E-state index in [2.05, 4.69) is 9.97 Å². The van der Waals surface area contributed by atoms with Crippen LogP contribution in [0.25, 0.3) is 0 Å². The lowest BCUT2D eigenvalue weighted by molar-refractivity contribution is -0.124. The third-order valence-corrected chi connectivity index (χ3v) is 4.71. The average molecular weight is 401 g/mol. The monoisotopic (exact) mass is 400 g/mol. The van der Waals surface area contributed by atoms with E-state index in [9.17, 15) is 4.79 Å². The number of carbonyl (C=O) groups excluding carboxylic acids is 1. The second-order valence-electron chi connectivity index (χ2n) is 6.09. The van der Waals surface area contributed by atoms with Crippen LogP contribution in [0.15, 0.2) is 67.3 Å². The lowest BCUT2D eigenvalue weighted by Gasteiger charge is -2.30. The number of nitrogens with two attached hydrogens (primary N) is 1. The molecule has 1 atom stereocenters. The lowest BCUT2D eigenvalue weighted by Crippen LogP contribution is -2.37. The smallest absolute Gasteiger partial charge is 0.239 e. The molecule has 2 aromatic heterocycles. The van der Waals surface area contributed by atoms with Gasteiger partial charge in [0, 0.05) is 47.9 Å². The maximum Gasteiger partial charge on any atom is 0.239 e. The molecule has 5 nitrogen and oxygen atoms in total. The summed E-state index contributed by atoms with van der Waals surface area (Å²) in [6.07, 6.45) is 6.89. The van der Waals surface area contributed by atoms with E-state index in [4.69, 9.17) is 28.9 Å². The highest BCUT2D eigenvalue weighted by Gasteiger charge is 2.28. The minimum atomic E-state index is -0.746. The third kappa shape index (κ3) is 5.04. The van der Waals surface area contributed by atoms with E-state index in [0.29, 0.717) is 28.7 Å². The van der Waals surface area contributed by atoms with Crippen LogP contribution in [0.4, 0.5) is 0 Å². The molecular weight excluding hydrogens is 383 g/mol. The Kier molecular flexibility index (Phi) is 6.40. The van der Waals surface area contributed by atoms with Crippen LogP contribution in [0.3, 0.4) is 0 Å². The van der Waals surface area contributed by atoms with Crippen LogP contribution in [0.2, 0.25) is 10.0 Å². The summed E-state index contributed by atoms with van der Waals surface area (Å²) in [4.78, 5) is 22.6. The van der Waals surface area contributed by atoms with Crippen LogP contribution in [-0.4, -0.2) is 20.8 Å². The van der Waals surface area contributed by atoms with Crippen molar-refractivity contribution >= 4 is 29.1 Å². The Hall–Kier alpha value is -2.47. The number of pyridine rings is 2. The zero-order valence-corrected chi connectivity index (χ0v) is 15.9. The van der Waals surface area contributed by atoms with E-state index in [0.717, 1.165) is 11.1 Å². The molecular formula is C20H18Cl2N4O. The van der Waals surface area contributed by atoms with Crippen molar-refractivity contribution in [3.8, 4) is 0 Å². The third-order valence-electron chi connectivity index (χ3n) is 4.13. The number of halogens is 2. The zero-order chi connectivity index (χ0) is 19.2. The Labute approximate surface area is 167 Å². The SMILES string of the molecule is NC(=O)C(c1cc(Cl)ccc1Cl)N(Cc1ccncc1)Cc1cccnc1. The molecule has 3 rings (SSSR count). The van der Waals surface area contributed by atoms with E-state index in [-0.39, 0.29) is 0 Å². The van der Waals surface area contributed by atoms with Crippen molar-refractivity contribution in [2.24, 2.45) is 5.73 Å². The molecule has 0 radical (unpaired) electrons. The second-order valence-corrected chi connectivity index (χ2v) is 6.94. The largest absolute Gasteiger partial charge is 0.368 e. The minimum absolute atomic E-state index is 0.439. The van der Waals surface area contributed by atoms with Gasteiger partial charge in [0.25, 0.3) is 0 Å². The Morgan fingerprint density at radius 2 is 1.74 bits per heavy atom. The summed E-state index contributed by atoms with van der Waals surface area (Å²) in [5, 5.41) is 0.931. The van der Waals surface area contributed by atoms with Gasteiger partial charge in [-0.2, -0.15) is 0 Å². The van der Waals surface area contributed by atoms with E-state index in [1.165, 1.54) is 0 Å². The molecule has 3 aromatic rings. The molecule has 138 valence electrons. The van der Waals surface area contributed by atoms with Crippen LogP contribution in [0, 0.1) is 0 Å². The van der Waals surface area contributed by atoms with Crippen LogP contribution in [0.1, 0.15) is 22.7 Å². The highest BCUT2D eigenvalue weighted by atomic mass is 35.5. The van der Waals surface area contributed by atoms with Crippen molar-refractivity contribution in [2.75, 3.05) is 0 Å². The van der Waals surface area contributed by atoms with Crippen LogP contribution in [-0.2, 0) is 17.9 Å². The van der Waals surface area contributed by atoms with E-state index < -0.39 is 11.9 Å². The molecule has 0 bridgehead atoms. The molecule has 1 amide bonds. The van der Waals surface area contributed by atoms with E-state index in [1.807, 2.05) is 29.2 Å². The van der Waals surface area contributed by atoms with Gasteiger partial charge in [-0.05, 0) is 53.1 Å². The number of primary amides is 1. The molecule has 1 unspecified atom stereocenters. The molecule has 0 saturated carbocycles. The standard InChI is InChI=1S/C20H18Cl2N4O/c21-16-3-4-18(22)17(10-16)19(20(23)27)26(12-14-5-8-24-9-6-14)13-15-2-1-7-25-11-15/h1-11,19H,12-13H2,(H2,23,27). The Morgan fingerprint density at radius 3 is 2.41 bits per heavy atom. The Balaban J connectivity index is 2.02. The van der Waals surface area contributed by atoms with Gasteiger partial charge < -0.3 is 5.73 Å². The number of nitrogens with zero attached hydrogens (tertiary/aromatic N) is 3. The van der Waals surface area contributed by atoms with Crippen LogP contribution in [0.5, 0.6) is 0 Å². The lowest BCUT2D eigenvalue weighted by atomic mass is 10.0. The quantitative estimate of drug-likeness (QED) is 0.649. The summed E-state index contributed by atoms with van der Waals surface area (Å²) in [6.45, 7) is 0.945. The van der Waals surface area contributed by atoms with Gasteiger partial charge >= 0.3 is 0 Å². The Bertz CT molecular complexity index is 865. The fourth-order valence-electron chi connectivity index (χ4n) is 2.94. The predicted molar refractivity (Wildman–Crippen MR) is 106 cm³/mol. The zero-order valence-electron chi connectivity index (χ0n) is 14.4. The molecule has 2 N–H and O–H groups in total. The van der Waals surface area contributed by atoms with Crippen molar-refractivity contribution in [3.63, 3.8) is 0 Å². The van der Waals surface area contributed by atoms with Gasteiger partial charge in [0.2, 0.25) is 5.91 Å². The summed E-state index contributed by atoms with van der Waals surface area (Å²) >= 11 is 12.5. The number of amides is 1. The van der Waals surface area contributed by atoms with Gasteiger partial charge in [-0.15, -0.1) is 0 Å². The molecule has 1 aromatic carbocycles. The molecule has 0 aliphatic rings. The highest BCUT2D eigenvalue weighted by molar-refractivity contribution is 6.33. The normalized spacial score (nSPS) is 12.1. The van der Waals surface area contributed by atoms with E-state index in [1.54, 1.807) is 43.0 Å². The number of carbonyl (C=O) groups is 1. The summed E-state index contributed by atoms with van der Waals surface area (Å²) in [5.74, 6) is -0.503. The summed E-state index contributed by atoms with van der Waals surface area (Å²) in [6, 6.07) is 11.9. The Morgan fingerprint density at radius 1 is 1.00 bits per heavy atom. The van der Waals surface area contributed by atoms with Crippen molar-refractivity contribution in [3.05, 3.63) is 94.0 Å². The maximum atomic E-state index is 12.4. The molecule has 7 heteroatoms. The van der Waals surface area contributed by atoms with Gasteiger partial charge in [-0.1, -0.05) is 29.3 Å². The second kappa shape index (κ2) is 8.95. The van der Waals surface area contributed by atoms with Gasteiger partial charge in [0.05, 0.1) is 0 Å². The number of aromatic nitrogens is 2. The highest BCUT2D eigenvalue weighted by Crippen LogP contribution is 2.32. The molecule has 0 saturated heterocycles. The number of benzene rings is 1. The molecule has 0 fully saturated rings. The molecule has 0 spiro atoms. The maximum absolute atomic E-state index is 12.4. The predicted octanol–water partition coefficient (Wildman–Crippen LogP) is 4.01. The number of hydrogen-bond donors (Lipinski definition) is 1. The molecule has 0 aliphatic heterocycles. The van der Waals surface area contributed by atoms with Crippen molar-refractivity contribution in [1.82, 2.24) is 14.9 Å². The first-order valence-corrected chi connectivity index (χ1v) is 9.06. The van der Waals surface area contributed by atoms with Crippen molar-refractivity contribution in [1.29, 1.82) is 0 Å². The average Bonchev–Trinajstić information content (AvgIpc) is 2.66. The molecule has 27 heavy (non-hydrogen) atoms.